The summed E-state index contributed by atoms with van der Waals surface area (Å²) < 4.78 is 26.4. The lowest BCUT2D eigenvalue weighted by Crippen LogP contribution is -2.40. The van der Waals surface area contributed by atoms with Gasteiger partial charge in [0.15, 0.2) is 8.32 Å². The fourth-order valence-electron chi connectivity index (χ4n) is 2.25. The molecular formula is C23H28BrFO2Si. The van der Waals surface area contributed by atoms with E-state index in [9.17, 15) is 4.39 Å². The minimum Gasteiger partial charge on any atom is -0.487 e. The van der Waals surface area contributed by atoms with E-state index in [0.717, 1.165) is 5.56 Å². The molecule has 0 bridgehead atoms. The molecule has 0 heterocycles. The van der Waals surface area contributed by atoms with Crippen molar-refractivity contribution in [2.75, 3.05) is 6.61 Å². The average Bonchev–Trinajstić information content (AvgIpc) is 2.61. The van der Waals surface area contributed by atoms with Gasteiger partial charge in [0.2, 0.25) is 0 Å². The van der Waals surface area contributed by atoms with Crippen LogP contribution in [0.5, 0.6) is 5.75 Å². The quantitative estimate of drug-likeness (QED) is 0.263. The minimum absolute atomic E-state index is 0.179. The zero-order valence-corrected chi connectivity index (χ0v) is 19.8. The van der Waals surface area contributed by atoms with Gasteiger partial charge < -0.3 is 9.16 Å². The molecule has 0 atom stereocenters. The van der Waals surface area contributed by atoms with E-state index in [-0.39, 0.29) is 10.9 Å². The summed E-state index contributed by atoms with van der Waals surface area (Å²) in [5, 5.41) is 0.179. The first-order valence-corrected chi connectivity index (χ1v) is 13.1. The van der Waals surface area contributed by atoms with Crippen molar-refractivity contribution >= 4 is 24.2 Å². The fourth-order valence-corrected chi connectivity index (χ4v) is 3.80. The maximum Gasteiger partial charge on any atom is 0.192 e. The smallest absolute Gasteiger partial charge is 0.192 e. The summed E-state index contributed by atoms with van der Waals surface area (Å²) in [6, 6.07) is 12.6. The topological polar surface area (TPSA) is 18.5 Å². The summed E-state index contributed by atoms with van der Waals surface area (Å²) in [4.78, 5) is 0. The predicted octanol–water partition coefficient (Wildman–Crippen LogP) is 6.93. The molecule has 0 unspecified atom stereocenters. The van der Waals surface area contributed by atoms with Crippen molar-refractivity contribution in [2.24, 2.45) is 0 Å². The molecule has 0 N–H and O–H groups in total. The van der Waals surface area contributed by atoms with Gasteiger partial charge in [0.25, 0.3) is 0 Å². The summed E-state index contributed by atoms with van der Waals surface area (Å²) in [5.41, 5.74) is 1.68. The molecule has 0 fully saturated rings. The molecule has 0 saturated heterocycles. The maximum atomic E-state index is 13.8. The third-order valence-corrected chi connectivity index (χ3v) is 10.1. The molecule has 2 nitrogen and oxygen atoms in total. The van der Waals surface area contributed by atoms with Gasteiger partial charge >= 0.3 is 0 Å². The SMILES string of the molecule is CC(C)(C)[Si](C)(C)OCCC#Cc1c(Br)cc(F)cc1OCc1ccccc1. The van der Waals surface area contributed by atoms with Crippen LogP contribution in [0.1, 0.15) is 38.3 Å². The fraction of sp³-hybridized carbons (Fsp3) is 0.391. The molecule has 2 aromatic rings. The first kappa shape index (κ1) is 22.7. The minimum atomic E-state index is -1.76. The monoisotopic (exact) mass is 462 g/mol. The normalized spacial score (nSPS) is 11.7. The number of ether oxygens (including phenoxy) is 1. The molecule has 28 heavy (non-hydrogen) atoms. The van der Waals surface area contributed by atoms with E-state index in [1.807, 2.05) is 30.3 Å². The second kappa shape index (κ2) is 9.73. The molecular weight excluding hydrogens is 435 g/mol. The van der Waals surface area contributed by atoms with Gasteiger partial charge in [0.1, 0.15) is 18.2 Å². The number of hydrogen-bond donors (Lipinski definition) is 0. The summed E-state index contributed by atoms with van der Waals surface area (Å²) >= 11 is 3.40. The molecule has 0 aliphatic heterocycles. The Kier molecular flexibility index (Phi) is 7.88. The Morgan fingerprint density at radius 1 is 1.11 bits per heavy atom. The summed E-state index contributed by atoms with van der Waals surface area (Å²) in [6.45, 7) is 12.1. The Morgan fingerprint density at radius 2 is 1.79 bits per heavy atom. The van der Waals surface area contributed by atoms with Crippen LogP contribution in [-0.4, -0.2) is 14.9 Å². The largest absolute Gasteiger partial charge is 0.487 e. The number of halogens is 2. The van der Waals surface area contributed by atoms with E-state index in [1.54, 1.807) is 0 Å². The number of benzene rings is 2. The highest BCUT2D eigenvalue weighted by Gasteiger charge is 2.36. The Balaban J connectivity index is 2.06. The first-order valence-electron chi connectivity index (χ1n) is 9.39. The lowest BCUT2D eigenvalue weighted by Gasteiger charge is -2.35. The number of rotatable bonds is 6. The van der Waals surface area contributed by atoms with Gasteiger partial charge in [-0.3, -0.25) is 0 Å². The van der Waals surface area contributed by atoms with Crippen molar-refractivity contribution in [1.82, 2.24) is 0 Å². The lowest BCUT2D eigenvalue weighted by molar-refractivity contribution is 0.296. The highest BCUT2D eigenvalue weighted by atomic mass is 79.9. The summed E-state index contributed by atoms with van der Waals surface area (Å²) in [6.07, 6.45) is 0.619. The van der Waals surface area contributed by atoms with Crippen LogP contribution in [0, 0.1) is 17.7 Å². The van der Waals surface area contributed by atoms with Crippen LogP contribution in [-0.2, 0) is 11.0 Å². The Labute approximate surface area is 177 Å². The summed E-state index contributed by atoms with van der Waals surface area (Å²) in [7, 11) is -1.76. The van der Waals surface area contributed by atoms with Crippen molar-refractivity contribution in [3.8, 4) is 17.6 Å². The van der Waals surface area contributed by atoms with Gasteiger partial charge in [-0.25, -0.2) is 4.39 Å². The summed E-state index contributed by atoms with van der Waals surface area (Å²) in [5.74, 6) is 6.34. The number of hydrogen-bond acceptors (Lipinski definition) is 2. The molecule has 2 rings (SSSR count). The molecule has 5 heteroatoms. The van der Waals surface area contributed by atoms with Crippen LogP contribution in [0.25, 0.3) is 0 Å². The van der Waals surface area contributed by atoms with E-state index in [1.165, 1.54) is 12.1 Å². The second-order valence-corrected chi connectivity index (χ2v) is 13.9. The van der Waals surface area contributed by atoms with Crippen LogP contribution >= 0.6 is 15.9 Å². The van der Waals surface area contributed by atoms with Crippen molar-refractivity contribution in [1.29, 1.82) is 0 Å². The molecule has 0 saturated carbocycles. The second-order valence-electron chi connectivity index (χ2n) is 8.20. The molecule has 0 aliphatic carbocycles. The average molecular weight is 463 g/mol. The molecule has 2 aromatic carbocycles. The highest BCUT2D eigenvalue weighted by Crippen LogP contribution is 2.36. The van der Waals surface area contributed by atoms with Crippen LogP contribution in [0.4, 0.5) is 4.39 Å². The highest BCUT2D eigenvalue weighted by molar-refractivity contribution is 9.10. The Morgan fingerprint density at radius 3 is 2.43 bits per heavy atom. The third-order valence-electron chi connectivity index (χ3n) is 4.97. The van der Waals surface area contributed by atoms with Gasteiger partial charge in [-0.1, -0.05) is 62.9 Å². The zero-order valence-electron chi connectivity index (χ0n) is 17.2. The maximum absolute atomic E-state index is 13.8. The molecule has 0 aliphatic rings. The van der Waals surface area contributed by atoms with Gasteiger partial charge in [-0.15, -0.1) is 0 Å². The van der Waals surface area contributed by atoms with Gasteiger partial charge in [0.05, 0.1) is 5.56 Å². The Bertz CT molecular complexity index is 849. The zero-order chi connectivity index (χ0) is 20.8. The Hall–Kier alpha value is -1.61. The van der Waals surface area contributed by atoms with Gasteiger partial charge in [0, 0.05) is 23.6 Å². The van der Waals surface area contributed by atoms with Crippen LogP contribution in [0.3, 0.4) is 0 Å². The molecule has 0 radical (unpaired) electrons. The predicted molar refractivity (Wildman–Crippen MR) is 120 cm³/mol. The van der Waals surface area contributed by atoms with Crippen molar-refractivity contribution in [3.63, 3.8) is 0 Å². The van der Waals surface area contributed by atoms with E-state index in [0.29, 0.717) is 35.4 Å². The van der Waals surface area contributed by atoms with Crippen LogP contribution in [0.2, 0.25) is 18.1 Å². The standard InChI is InChI=1S/C23H28BrFO2Si/c1-23(2,3)28(4,5)27-14-10-9-13-20-21(24)15-19(25)16-22(20)26-17-18-11-7-6-8-12-18/h6-8,11-12,15-16H,10,14,17H2,1-5H3. The van der Waals surface area contributed by atoms with Crippen molar-refractivity contribution < 1.29 is 13.6 Å². The van der Waals surface area contributed by atoms with Crippen molar-refractivity contribution in [3.05, 3.63) is 63.9 Å². The molecule has 0 aromatic heterocycles. The lowest BCUT2D eigenvalue weighted by atomic mass is 10.2. The van der Waals surface area contributed by atoms with Crippen LogP contribution < -0.4 is 4.74 Å². The first-order chi connectivity index (χ1) is 13.1. The van der Waals surface area contributed by atoms with E-state index in [2.05, 4.69) is 61.6 Å². The molecule has 150 valence electrons. The van der Waals surface area contributed by atoms with E-state index >= 15 is 0 Å². The van der Waals surface area contributed by atoms with Crippen LogP contribution in [0.15, 0.2) is 46.9 Å². The molecule has 0 spiro atoms. The van der Waals surface area contributed by atoms with E-state index < -0.39 is 8.32 Å². The van der Waals surface area contributed by atoms with Crippen molar-refractivity contribution in [2.45, 2.75) is 51.9 Å². The third kappa shape index (κ3) is 6.48. The van der Waals surface area contributed by atoms with Gasteiger partial charge in [-0.05, 0) is 45.7 Å². The van der Waals surface area contributed by atoms with Gasteiger partial charge in [-0.2, -0.15) is 0 Å². The molecule has 0 amide bonds. The van der Waals surface area contributed by atoms with E-state index in [4.69, 9.17) is 9.16 Å².